The van der Waals surface area contributed by atoms with Gasteiger partial charge < -0.3 is 0 Å². The minimum atomic E-state index is -0.216. The van der Waals surface area contributed by atoms with Gasteiger partial charge in [0.2, 0.25) is 5.91 Å². The number of hydrazine groups is 1. The van der Waals surface area contributed by atoms with Crippen molar-refractivity contribution in [3.8, 4) is 0 Å². The second-order valence-electron chi connectivity index (χ2n) is 3.64. The van der Waals surface area contributed by atoms with Crippen LogP contribution in [0, 0.1) is 0 Å². The Labute approximate surface area is 92.4 Å². The number of carbonyl (C=O) groups excluding carboxylic acids is 1. The lowest BCUT2D eigenvalue weighted by Crippen LogP contribution is -2.31. The minimum absolute atomic E-state index is 0.0732. The topological polar surface area (TPSA) is 85.8 Å². The number of fused-ring (bicyclic) bond motifs is 1. The summed E-state index contributed by atoms with van der Waals surface area (Å²) in [7, 11) is 0. The van der Waals surface area contributed by atoms with Gasteiger partial charge in [-0.15, -0.1) is 5.10 Å². The number of hydrogen-bond acceptors (Lipinski definition) is 4. The Morgan fingerprint density at radius 1 is 1.56 bits per heavy atom. The second kappa shape index (κ2) is 4.28. The van der Waals surface area contributed by atoms with Crippen molar-refractivity contribution in [2.45, 2.75) is 19.4 Å². The van der Waals surface area contributed by atoms with Crippen molar-refractivity contribution < 1.29 is 4.79 Å². The van der Waals surface area contributed by atoms with Crippen LogP contribution in [0.2, 0.25) is 0 Å². The molecule has 3 N–H and O–H groups in total. The number of carbonyl (C=O) groups is 1. The first-order chi connectivity index (χ1) is 7.72. The molecule has 0 radical (unpaired) electrons. The standard InChI is InChI=1S/C10H13N5O/c1-7(6-10(16)12-11)15-9-5-3-2-4-8(9)13-14-15/h2-5,7H,6,11H2,1H3,(H,12,16). The van der Waals surface area contributed by atoms with Crippen LogP contribution in [-0.4, -0.2) is 20.9 Å². The molecule has 0 spiro atoms. The molecular weight excluding hydrogens is 206 g/mol. The predicted molar refractivity (Wildman–Crippen MR) is 59.2 cm³/mol. The van der Waals surface area contributed by atoms with E-state index in [1.807, 2.05) is 31.2 Å². The van der Waals surface area contributed by atoms with Gasteiger partial charge in [-0.3, -0.25) is 10.2 Å². The fourth-order valence-electron chi connectivity index (χ4n) is 1.63. The SMILES string of the molecule is CC(CC(=O)NN)n1nnc2ccccc21. The zero-order valence-electron chi connectivity index (χ0n) is 8.92. The van der Waals surface area contributed by atoms with Crippen LogP contribution in [-0.2, 0) is 4.79 Å². The van der Waals surface area contributed by atoms with E-state index in [2.05, 4.69) is 15.7 Å². The summed E-state index contributed by atoms with van der Waals surface area (Å²) >= 11 is 0. The monoisotopic (exact) mass is 219 g/mol. The maximum absolute atomic E-state index is 11.2. The van der Waals surface area contributed by atoms with Gasteiger partial charge in [-0.2, -0.15) is 0 Å². The highest BCUT2D eigenvalue weighted by atomic mass is 16.2. The molecule has 84 valence electrons. The van der Waals surface area contributed by atoms with Crippen LogP contribution in [0.15, 0.2) is 24.3 Å². The van der Waals surface area contributed by atoms with Crippen molar-refractivity contribution in [1.29, 1.82) is 0 Å². The Morgan fingerprint density at radius 2 is 2.31 bits per heavy atom. The van der Waals surface area contributed by atoms with E-state index in [9.17, 15) is 4.79 Å². The van der Waals surface area contributed by atoms with Gasteiger partial charge in [-0.1, -0.05) is 17.3 Å². The molecule has 0 saturated carbocycles. The second-order valence-corrected chi connectivity index (χ2v) is 3.64. The molecule has 1 heterocycles. The van der Waals surface area contributed by atoms with Gasteiger partial charge in [0.15, 0.2) is 0 Å². The molecule has 6 nitrogen and oxygen atoms in total. The summed E-state index contributed by atoms with van der Waals surface area (Å²) in [5, 5.41) is 8.05. The maximum Gasteiger partial charge on any atom is 0.236 e. The first-order valence-electron chi connectivity index (χ1n) is 5.01. The molecule has 1 amide bonds. The van der Waals surface area contributed by atoms with Crippen molar-refractivity contribution >= 4 is 16.9 Å². The molecule has 16 heavy (non-hydrogen) atoms. The molecule has 0 fully saturated rings. The molecule has 1 unspecified atom stereocenters. The Balaban J connectivity index is 2.29. The Kier molecular flexibility index (Phi) is 2.82. The quantitative estimate of drug-likeness (QED) is 0.443. The lowest BCUT2D eigenvalue weighted by molar-refractivity contribution is -0.121. The highest BCUT2D eigenvalue weighted by Gasteiger charge is 2.13. The molecule has 2 aromatic rings. The Bertz CT molecular complexity index is 507. The van der Waals surface area contributed by atoms with Gasteiger partial charge in [0.25, 0.3) is 0 Å². The number of nitrogens with one attached hydrogen (secondary N) is 1. The lowest BCUT2D eigenvalue weighted by atomic mass is 10.2. The minimum Gasteiger partial charge on any atom is -0.294 e. The molecule has 6 heteroatoms. The first-order valence-corrected chi connectivity index (χ1v) is 5.01. The zero-order valence-corrected chi connectivity index (χ0v) is 8.92. The highest BCUT2D eigenvalue weighted by molar-refractivity contribution is 5.77. The molecule has 0 aliphatic heterocycles. The van der Waals surface area contributed by atoms with E-state index < -0.39 is 0 Å². The van der Waals surface area contributed by atoms with Crippen LogP contribution < -0.4 is 11.3 Å². The summed E-state index contributed by atoms with van der Waals surface area (Å²) in [6, 6.07) is 7.55. The molecule has 1 aromatic carbocycles. The highest BCUT2D eigenvalue weighted by Crippen LogP contribution is 2.17. The lowest BCUT2D eigenvalue weighted by Gasteiger charge is -2.10. The summed E-state index contributed by atoms with van der Waals surface area (Å²) in [5.74, 6) is 4.83. The smallest absolute Gasteiger partial charge is 0.236 e. The van der Waals surface area contributed by atoms with E-state index >= 15 is 0 Å². The van der Waals surface area contributed by atoms with Crippen LogP contribution >= 0.6 is 0 Å². The average molecular weight is 219 g/mol. The van der Waals surface area contributed by atoms with E-state index in [4.69, 9.17) is 5.84 Å². The van der Waals surface area contributed by atoms with Crippen molar-refractivity contribution in [2.24, 2.45) is 5.84 Å². The molecule has 0 aliphatic rings. The molecule has 1 atom stereocenters. The third kappa shape index (κ3) is 1.87. The average Bonchev–Trinajstić information content (AvgIpc) is 2.72. The molecule has 0 bridgehead atoms. The molecule has 0 aliphatic carbocycles. The summed E-state index contributed by atoms with van der Waals surface area (Å²) in [4.78, 5) is 11.2. The van der Waals surface area contributed by atoms with Crippen molar-refractivity contribution in [2.75, 3.05) is 0 Å². The molecule has 1 aromatic heterocycles. The van der Waals surface area contributed by atoms with Crippen LogP contribution in [0.1, 0.15) is 19.4 Å². The van der Waals surface area contributed by atoms with E-state index in [1.54, 1.807) is 4.68 Å². The number of rotatable bonds is 3. The van der Waals surface area contributed by atoms with Gasteiger partial charge in [-0.25, -0.2) is 10.5 Å². The number of nitrogens with two attached hydrogens (primary N) is 1. The largest absolute Gasteiger partial charge is 0.294 e. The number of nitrogens with zero attached hydrogens (tertiary/aromatic N) is 3. The van der Waals surface area contributed by atoms with Gasteiger partial charge in [-0.05, 0) is 19.1 Å². The van der Waals surface area contributed by atoms with E-state index in [-0.39, 0.29) is 18.4 Å². The summed E-state index contributed by atoms with van der Waals surface area (Å²) in [5.41, 5.74) is 3.84. The Morgan fingerprint density at radius 3 is 3.06 bits per heavy atom. The third-order valence-corrected chi connectivity index (χ3v) is 2.44. The fraction of sp³-hybridized carbons (Fsp3) is 0.300. The number of benzene rings is 1. The van der Waals surface area contributed by atoms with Crippen molar-refractivity contribution in [3.63, 3.8) is 0 Å². The maximum atomic E-state index is 11.2. The first kappa shape index (κ1) is 10.6. The fourth-order valence-corrected chi connectivity index (χ4v) is 1.63. The Hall–Kier alpha value is -1.95. The van der Waals surface area contributed by atoms with Crippen LogP contribution in [0.5, 0.6) is 0 Å². The van der Waals surface area contributed by atoms with Gasteiger partial charge >= 0.3 is 0 Å². The summed E-state index contributed by atoms with van der Waals surface area (Å²) in [6.45, 7) is 1.90. The number of para-hydroxylation sites is 1. The summed E-state index contributed by atoms with van der Waals surface area (Å²) in [6.07, 6.45) is 0.282. The molecular formula is C10H13N5O. The molecule has 2 rings (SSSR count). The van der Waals surface area contributed by atoms with Gasteiger partial charge in [0, 0.05) is 0 Å². The van der Waals surface area contributed by atoms with E-state index in [0.29, 0.717) is 0 Å². The van der Waals surface area contributed by atoms with Gasteiger partial charge in [0.05, 0.1) is 18.0 Å². The third-order valence-electron chi connectivity index (χ3n) is 2.44. The van der Waals surface area contributed by atoms with Crippen molar-refractivity contribution in [1.82, 2.24) is 20.4 Å². The zero-order chi connectivity index (χ0) is 11.5. The number of aromatic nitrogens is 3. The number of hydrogen-bond donors (Lipinski definition) is 2. The van der Waals surface area contributed by atoms with E-state index in [0.717, 1.165) is 11.0 Å². The van der Waals surface area contributed by atoms with Crippen LogP contribution in [0.25, 0.3) is 11.0 Å². The predicted octanol–water partition coefficient (Wildman–Crippen LogP) is 0.372. The van der Waals surface area contributed by atoms with Crippen LogP contribution in [0.3, 0.4) is 0 Å². The van der Waals surface area contributed by atoms with Crippen molar-refractivity contribution in [3.05, 3.63) is 24.3 Å². The summed E-state index contributed by atoms with van der Waals surface area (Å²) < 4.78 is 1.73. The van der Waals surface area contributed by atoms with Gasteiger partial charge in [0.1, 0.15) is 5.52 Å². The normalized spacial score (nSPS) is 12.6. The molecule has 0 saturated heterocycles. The van der Waals surface area contributed by atoms with E-state index in [1.165, 1.54) is 0 Å². The number of amides is 1. The van der Waals surface area contributed by atoms with Crippen LogP contribution in [0.4, 0.5) is 0 Å².